The molecule has 106 valence electrons. The van der Waals surface area contributed by atoms with Crippen molar-refractivity contribution in [2.24, 2.45) is 0 Å². The van der Waals surface area contributed by atoms with E-state index in [0.717, 1.165) is 26.5 Å². The Hall–Kier alpha value is -1.91. The lowest BCUT2D eigenvalue weighted by molar-refractivity contribution is 0.259. The molecule has 1 N–H and O–H groups in total. The number of aliphatic hydroxyl groups is 1. The van der Waals surface area contributed by atoms with Crippen LogP contribution in [0.3, 0.4) is 0 Å². The van der Waals surface area contributed by atoms with Crippen LogP contribution in [-0.2, 0) is 13.2 Å². The summed E-state index contributed by atoms with van der Waals surface area (Å²) >= 11 is 3.36. The Kier molecular flexibility index (Phi) is 4.18. The predicted molar refractivity (Wildman–Crippen MR) is 86.1 cm³/mol. The maximum absolute atomic E-state index is 9.65. The Morgan fingerprint density at radius 2 is 1.90 bits per heavy atom. The van der Waals surface area contributed by atoms with Crippen molar-refractivity contribution in [3.63, 3.8) is 0 Å². The molecule has 0 radical (unpaired) electrons. The van der Waals surface area contributed by atoms with Gasteiger partial charge in [0.25, 0.3) is 0 Å². The SMILES string of the molecule is OCc1c(OCc2ccc(Br)cn2)ccc2ccccc12. The van der Waals surface area contributed by atoms with Gasteiger partial charge in [-0.3, -0.25) is 4.98 Å². The number of hydrogen-bond donors (Lipinski definition) is 1. The summed E-state index contributed by atoms with van der Waals surface area (Å²) in [4.78, 5) is 4.28. The van der Waals surface area contributed by atoms with Crippen molar-refractivity contribution in [3.8, 4) is 5.75 Å². The quantitative estimate of drug-likeness (QED) is 0.776. The Balaban J connectivity index is 1.88. The number of halogens is 1. The second-order valence-corrected chi connectivity index (χ2v) is 5.59. The number of aliphatic hydroxyl groups excluding tert-OH is 1. The molecule has 3 rings (SSSR count). The second-order valence-electron chi connectivity index (χ2n) is 4.68. The Labute approximate surface area is 131 Å². The smallest absolute Gasteiger partial charge is 0.130 e. The molecule has 0 aliphatic rings. The Morgan fingerprint density at radius 3 is 2.67 bits per heavy atom. The largest absolute Gasteiger partial charge is 0.487 e. The maximum atomic E-state index is 9.65. The van der Waals surface area contributed by atoms with E-state index in [9.17, 15) is 5.11 Å². The number of nitrogens with zero attached hydrogens (tertiary/aromatic N) is 1. The highest BCUT2D eigenvalue weighted by Crippen LogP contribution is 2.28. The van der Waals surface area contributed by atoms with Crippen molar-refractivity contribution in [2.75, 3.05) is 0 Å². The van der Waals surface area contributed by atoms with Gasteiger partial charge in [-0.2, -0.15) is 0 Å². The Bertz CT molecular complexity index is 756. The van der Waals surface area contributed by atoms with E-state index >= 15 is 0 Å². The second kappa shape index (κ2) is 6.24. The van der Waals surface area contributed by atoms with E-state index in [4.69, 9.17) is 4.74 Å². The molecule has 4 heteroatoms. The van der Waals surface area contributed by atoms with E-state index in [1.165, 1.54) is 0 Å². The molecule has 0 amide bonds. The third-order valence-corrected chi connectivity index (χ3v) is 3.79. The summed E-state index contributed by atoms with van der Waals surface area (Å²) in [6.07, 6.45) is 1.74. The summed E-state index contributed by atoms with van der Waals surface area (Å²) in [7, 11) is 0. The van der Waals surface area contributed by atoms with E-state index in [2.05, 4.69) is 20.9 Å². The van der Waals surface area contributed by atoms with Gasteiger partial charge >= 0.3 is 0 Å². The van der Waals surface area contributed by atoms with E-state index < -0.39 is 0 Å². The molecule has 0 saturated carbocycles. The topological polar surface area (TPSA) is 42.4 Å². The standard InChI is InChI=1S/C17H14BrNO2/c18-13-6-7-14(19-9-13)11-21-17-8-5-12-3-1-2-4-15(12)16(17)10-20/h1-9,20H,10-11H2. The van der Waals surface area contributed by atoms with Crippen molar-refractivity contribution < 1.29 is 9.84 Å². The lowest BCUT2D eigenvalue weighted by atomic mass is 10.0. The van der Waals surface area contributed by atoms with E-state index in [0.29, 0.717) is 12.4 Å². The zero-order chi connectivity index (χ0) is 14.7. The molecular weight excluding hydrogens is 330 g/mol. The molecule has 2 aromatic carbocycles. The first-order valence-corrected chi connectivity index (χ1v) is 7.42. The van der Waals surface area contributed by atoms with Crippen LogP contribution in [0.25, 0.3) is 10.8 Å². The third-order valence-electron chi connectivity index (χ3n) is 3.32. The van der Waals surface area contributed by atoms with Gasteiger partial charge in [0, 0.05) is 16.2 Å². The van der Waals surface area contributed by atoms with Crippen LogP contribution in [-0.4, -0.2) is 10.1 Å². The number of benzene rings is 2. The fourth-order valence-corrected chi connectivity index (χ4v) is 2.49. The predicted octanol–water partition coefficient (Wildman–Crippen LogP) is 4.07. The fourth-order valence-electron chi connectivity index (χ4n) is 2.26. The van der Waals surface area contributed by atoms with Gasteiger partial charge in [-0.05, 0) is 44.9 Å². The normalized spacial score (nSPS) is 10.8. The zero-order valence-electron chi connectivity index (χ0n) is 11.3. The molecule has 0 fully saturated rings. The number of fused-ring (bicyclic) bond motifs is 1. The number of ether oxygens (including phenoxy) is 1. The first kappa shape index (κ1) is 14.0. The highest BCUT2D eigenvalue weighted by molar-refractivity contribution is 9.10. The van der Waals surface area contributed by atoms with E-state index in [1.54, 1.807) is 6.20 Å². The zero-order valence-corrected chi connectivity index (χ0v) is 12.9. The highest BCUT2D eigenvalue weighted by Gasteiger charge is 2.08. The van der Waals surface area contributed by atoms with Crippen LogP contribution < -0.4 is 4.74 Å². The maximum Gasteiger partial charge on any atom is 0.130 e. The summed E-state index contributed by atoms with van der Waals surface area (Å²) in [6.45, 7) is 0.322. The van der Waals surface area contributed by atoms with Gasteiger partial charge in [0.05, 0.1) is 12.3 Å². The fraction of sp³-hybridized carbons (Fsp3) is 0.118. The average molecular weight is 344 g/mol. The van der Waals surface area contributed by atoms with Crippen molar-refractivity contribution in [1.82, 2.24) is 4.98 Å². The van der Waals surface area contributed by atoms with Crippen LogP contribution in [0.4, 0.5) is 0 Å². The van der Waals surface area contributed by atoms with Crippen molar-refractivity contribution in [3.05, 3.63) is 70.5 Å². The summed E-state index contributed by atoms with van der Waals surface area (Å²) in [5, 5.41) is 11.8. The van der Waals surface area contributed by atoms with Gasteiger partial charge in [-0.25, -0.2) is 0 Å². The molecule has 0 saturated heterocycles. The molecule has 21 heavy (non-hydrogen) atoms. The summed E-state index contributed by atoms with van der Waals surface area (Å²) < 4.78 is 6.76. The van der Waals surface area contributed by atoms with Crippen molar-refractivity contribution >= 4 is 26.7 Å². The molecule has 1 heterocycles. The average Bonchev–Trinajstić information content (AvgIpc) is 2.53. The van der Waals surface area contributed by atoms with E-state index in [-0.39, 0.29) is 6.61 Å². The van der Waals surface area contributed by atoms with Gasteiger partial charge < -0.3 is 9.84 Å². The van der Waals surface area contributed by atoms with Gasteiger partial charge in [0.1, 0.15) is 12.4 Å². The van der Waals surface area contributed by atoms with Crippen LogP contribution >= 0.6 is 15.9 Å². The lowest BCUT2D eigenvalue weighted by Gasteiger charge is -2.12. The first-order chi connectivity index (χ1) is 10.3. The molecule has 0 unspecified atom stereocenters. The lowest BCUT2D eigenvalue weighted by Crippen LogP contribution is -2.01. The molecule has 0 aliphatic heterocycles. The summed E-state index contributed by atoms with van der Waals surface area (Å²) in [5.41, 5.74) is 1.65. The minimum Gasteiger partial charge on any atom is -0.487 e. The van der Waals surface area contributed by atoms with Gasteiger partial charge in [-0.15, -0.1) is 0 Å². The van der Waals surface area contributed by atoms with Gasteiger partial charge in [-0.1, -0.05) is 30.3 Å². The van der Waals surface area contributed by atoms with Crippen LogP contribution in [0.2, 0.25) is 0 Å². The van der Waals surface area contributed by atoms with Gasteiger partial charge in [0.15, 0.2) is 0 Å². The third kappa shape index (κ3) is 3.06. The number of aromatic nitrogens is 1. The molecular formula is C17H14BrNO2. The molecule has 0 spiro atoms. The molecule has 3 aromatic rings. The molecule has 0 atom stereocenters. The van der Waals surface area contributed by atoms with Crippen LogP contribution in [0.15, 0.2) is 59.2 Å². The number of rotatable bonds is 4. The van der Waals surface area contributed by atoms with E-state index in [1.807, 2.05) is 48.5 Å². The van der Waals surface area contributed by atoms with Crippen LogP contribution in [0.5, 0.6) is 5.75 Å². The minimum absolute atomic E-state index is 0.0511. The molecule has 3 nitrogen and oxygen atoms in total. The minimum atomic E-state index is -0.0511. The van der Waals surface area contributed by atoms with Crippen molar-refractivity contribution in [2.45, 2.75) is 13.2 Å². The highest BCUT2D eigenvalue weighted by atomic mass is 79.9. The number of hydrogen-bond acceptors (Lipinski definition) is 3. The van der Waals surface area contributed by atoms with Gasteiger partial charge in [0.2, 0.25) is 0 Å². The number of pyridine rings is 1. The van der Waals surface area contributed by atoms with Crippen molar-refractivity contribution in [1.29, 1.82) is 0 Å². The first-order valence-electron chi connectivity index (χ1n) is 6.62. The Morgan fingerprint density at radius 1 is 1.05 bits per heavy atom. The monoisotopic (exact) mass is 343 g/mol. The molecule has 0 aliphatic carbocycles. The summed E-state index contributed by atoms with van der Waals surface area (Å²) in [5.74, 6) is 0.695. The molecule has 0 bridgehead atoms. The van der Waals surface area contributed by atoms with Crippen LogP contribution in [0, 0.1) is 0 Å². The molecule has 1 aromatic heterocycles. The summed E-state index contributed by atoms with van der Waals surface area (Å²) in [6, 6.07) is 15.7. The van der Waals surface area contributed by atoms with Crippen LogP contribution in [0.1, 0.15) is 11.3 Å².